The van der Waals surface area contributed by atoms with Crippen LogP contribution in [0.25, 0.3) is 0 Å². The van der Waals surface area contributed by atoms with Crippen molar-refractivity contribution in [3.63, 3.8) is 0 Å². The highest BCUT2D eigenvalue weighted by Gasteiger charge is 2.60. The molecule has 13 heteroatoms. The fourth-order valence-corrected chi connectivity index (χ4v) is 4.09. The monoisotopic (exact) mass is 468 g/mol. The molecule has 0 N–H and O–H groups in total. The Balaban J connectivity index is 1.58. The van der Waals surface area contributed by atoms with E-state index in [0.29, 0.717) is 18.8 Å². The molecule has 0 radical (unpaired) electrons. The molecule has 180 valence electrons. The number of nitro groups is 2. The molecule has 1 spiro atoms. The Morgan fingerprint density at radius 1 is 1.12 bits per heavy atom. The van der Waals surface area contributed by atoms with Crippen LogP contribution in [0.3, 0.4) is 0 Å². The third-order valence-corrected chi connectivity index (χ3v) is 5.97. The van der Waals surface area contributed by atoms with Gasteiger partial charge in [0, 0.05) is 24.0 Å². The smallest absolute Gasteiger partial charge is 0.385 e. The van der Waals surface area contributed by atoms with Crippen LogP contribution in [0.1, 0.15) is 12.5 Å². The molecule has 0 saturated carbocycles. The van der Waals surface area contributed by atoms with Gasteiger partial charge in [-0.05, 0) is 5.56 Å². The van der Waals surface area contributed by atoms with Gasteiger partial charge in [-0.1, -0.05) is 12.1 Å². The molecule has 3 aliphatic rings. The van der Waals surface area contributed by atoms with Gasteiger partial charge in [-0.15, -0.1) is 0 Å². The number of nitrogens with zero attached hydrogens (tertiary/aromatic N) is 2. The Morgan fingerprint density at radius 3 is 2.48 bits per heavy atom. The van der Waals surface area contributed by atoms with Crippen molar-refractivity contribution in [3.05, 3.63) is 50.1 Å². The average molecular weight is 468 g/mol. The number of ether oxygens (including phenoxy) is 6. The second-order valence-corrected chi connectivity index (χ2v) is 8.23. The zero-order valence-corrected chi connectivity index (χ0v) is 17.9. The van der Waals surface area contributed by atoms with Crippen molar-refractivity contribution >= 4 is 11.7 Å². The Hall–Kier alpha value is -2.71. The lowest BCUT2D eigenvalue weighted by Gasteiger charge is -2.50. The van der Waals surface area contributed by atoms with Crippen molar-refractivity contribution in [3.8, 4) is 0 Å². The van der Waals surface area contributed by atoms with Crippen molar-refractivity contribution in [1.82, 2.24) is 0 Å². The van der Waals surface area contributed by atoms with Gasteiger partial charge in [0.25, 0.3) is 5.69 Å². The lowest BCUT2D eigenvalue weighted by molar-refractivity contribution is -0.551. The summed E-state index contributed by atoms with van der Waals surface area (Å²) >= 11 is 0. The van der Waals surface area contributed by atoms with Crippen molar-refractivity contribution < 1.29 is 43.1 Å². The van der Waals surface area contributed by atoms with E-state index >= 15 is 0 Å². The fourth-order valence-electron chi connectivity index (χ4n) is 4.09. The first-order valence-corrected chi connectivity index (χ1v) is 10.4. The van der Waals surface area contributed by atoms with Crippen LogP contribution >= 0.6 is 0 Å². The minimum atomic E-state index is -2.19. The van der Waals surface area contributed by atoms with Crippen LogP contribution in [0.5, 0.6) is 0 Å². The van der Waals surface area contributed by atoms with E-state index in [1.165, 1.54) is 24.3 Å². The van der Waals surface area contributed by atoms with E-state index in [1.807, 2.05) is 0 Å². The van der Waals surface area contributed by atoms with Crippen LogP contribution in [0.2, 0.25) is 0 Å². The largest absolute Gasteiger partial charge is 0.448 e. The summed E-state index contributed by atoms with van der Waals surface area (Å²) in [5.74, 6) is -2.59. The summed E-state index contributed by atoms with van der Waals surface area (Å²) in [5.41, 5.74) is -1.99. The van der Waals surface area contributed by atoms with E-state index in [9.17, 15) is 25.0 Å². The minimum Gasteiger partial charge on any atom is -0.448 e. The Bertz CT molecular complexity index is 902. The molecule has 5 atom stereocenters. The summed E-state index contributed by atoms with van der Waals surface area (Å²) in [6, 6.07) is 5.17. The van der Waals surface area contributed by atoms with Crippen molar-refractivity contribution in [2.45, 2.75) is 43.0 Å². The summed E-state index contributed by atoms with van der Waals surface area (Å²) in [6.45, 7) is 2.31. The molecule has 1 aromatic rings. The highest BCUT2D eigenvalue weighted by atomic mass is 16.8. The first-order chi connectivity index (χ1) is 15.7. The highest BCUT2D eigenvalue weighted by molar-refractivity contribution is 5.79. The Labute approximate surface area is 188 Å². The van der Waals surface area contributed by atoms with Gasteiger partial charge >= 0.3 is 11.5 Å². The molecule has 3 heterocycles. The number of esters is 1. The van der Waals surface area contributed by atoms with Gasteiger partial charge in [0.1, 0.15) is 18.8 Å². The lowest BCUT2D eigenvalue weighted by atomic mass is 9.92. The third-order valence-electron chi connectivity index (χ3n) is 5.97. The average Bonchev–Trinajstić information content (AvgIpc) is 2.81. The summed E-state index contributed by atoms with van der Waals surface area (Å²) in [6.07, 6.45) is -2.81. The minimum absolute atomic E-state index is 0.0466. The topological polar surface area (TPSA) is 159 Å². The van der Waals surface area contributed by atoms with E-state index in [0.717, 1.165) is 6.92 Å². The van der Waals surface area contributed by atoms with E-state index in [2.05, 4.69) is 0 Å². The summed E-state index contributed by atoms with van der Waals surface area (Å²) in [7, 11) is 0. The molecule has 0 bridgehead atoms. The normalized spacial score (nSPS) is 31.2. The van der Waals surface area contributed by atoms with Gasteiger partial charge < -0.3 is 28.4 Å². The molecule has 1 unspecified atom stereocenters. The van der Waals surface area contributed by atoms with Gasteiger partial charge in [-0.3, -0.25) is 20.2 Å². The number of non-ortho nitro benzene ring substituents is 1. The van der Waals surface area contributed by atoms with Crippen LogP contribution in [0, 0.1) is 20.2 Å². The predicted molar refractivity (Wildman–Crippen MR) is 107 cm³/mol. The first kappa shape index (κ1) is 23.4. The molecule has 0 amide bonds. The number of carbonyl (C=O) groups is 1. The van der Waals surface area contributed by atoms with Gasteiger partial charge in [0.05, 0.1) is 44.4 Å². The first-order valence-electron chi connectivity index (χ1n) is 10.4. The van der Waals surface area contributed by atoms with Crippen molar-refractivity contribution in [2.75, 3.05) is 39.6 Å². The third kappa shape index (κ3) is 4.54. The van der Waals surface area contributed by atoms with Gasteiger partial charge in [0.15, 0.2) is 6.10 Å². The molecule has 0 aliphatic carbocycles. The summed E-state index contributed by atoms with van der Waals surface area (Å²) in [5, 5.41) is 22.9. The Kier molecular flexibility index (Phi) is 6.59. The van der Waals surface area contributed by atoms with E-state index in [1.54, 1.807) is 0 Å². The zero-order chi connectivity index (χ0) is 23.6. The van der Waals surface area contributed by atoms with Gasteiger partial charge in [-0.2, -0.15) is 0 Å². The number of rotatable bonds is 6. The molecule has 3 aliphatic heterocycles. The molecule has 3 saturated heterocycles. The quantitative estimate of drug-likeness (QED) is 0.327. The van der Waals surface area contributed by atoms with Crippen LogP contribution in [-0.4, -0.2) is 85.1 Å². The van der Waals surface area contributed by atoms with Crippen LogP contribution in [-0.2, 0) is 39.6 Å². The summed E-state index contributed by atoms with van der Waals surface area (Å²) < 4.78 is 34.3. The summed E-state index contributed by atoms with van der Waals surface area (Å²) in [4.78, 5) is 34.8. The maximum Gasteiger partial charge on any atom is 0.385 e. The second kappa shape index (κ2) is 9.27. The number of fused-ring (bicyclic) bond motifs is 1. The number of hydrogen-bond donors (Lipinski definition) is 0. The van der Waals surface area contributed by atoms with Crippen molar-refractivity contribution in [1.29, 1.82) is 0 Å². The van der Waals surface area contributed by atoms with Gasteiger partial charge in [0.2, 0.25) is 5.79 Å². The maximum absolute atomic E-state index is 13.2. The molecule has 3 fully saturated rings. The highest BCUT2D eigenvalue weighted by Crippen LogP contribution is 2.37. The number of benzene rings is 1. The number of hydrogen-bond acceptors (Lipinski definition) is 11. The standard InChI is InChI=1S/C20H24N2O11/c1-19(22(26)27,10-13-2-4-14(5-3-13)21(24)25)18(23)33-17-16-15(29-7-8-30-16)11-32-20(17)12-28-6-9-31-20/h2-5,15-17H,6-12H2,1H3/t15-,16-,17+,19?,20-/m1/s1. The van der Waals surface area contributed by atoms with E-state index in [-0.39, 0.29) is 38.5 Å². The SMILES string of the molecule is CC(Cc1ccc([N+](=O)[O-])cc1)(C(=O)O[C@H]1[C@@H]2OCCO[C@@H]2CO[C@]12COCCO2)[N+](=O)[O-]. The molecule has 33 heavy (non-hydrogen) atoms. The number of carbonyl (C=O) groups excluding carboxylic acids is 1. The van der Waals surface area contributed by atoms with Gasteiger partial charge in [-0.25, -0.2) is 4.79 Å². The lowest BCUT2D eigenvalue weighted by Crippen LogP contribution is -2.69. The molecular formula is C20H24N2O11. The Morgan fingerprint density at radius 2 is 1.85 bits per heavy atom. The maximum atomic E-state index is 13.2. The molecule has 13 nitrogen and oxygen atoms in total. The molecule has 4 rings (SSSR count). The van der Waals surface area contributed by atoms with Crippen LogP contribution in [0.4, 0.5) is 5.69 Å². The molecule has 1 aromatic carbocycles. The van der Waals surface area contributed by atoms with Crippen LogP contribution < -0.4 is 0 Å². The zero-order valence-electron chi connectivity index (χ0n) is 17.9. The van der Waals surface area contributed by atoms with E-state index in [4.69, 9.17) is 28.4 Å². The van der Waals surface area contributed by atoms with Crippen molar-refractivity contribution in [2.24, 2.45) is 0 Å². The van der Waals surface area contributed by atoms with Crippen LogP contribution in [0.15, 0.2) is 24.3 Å². The molecular weight excluding hydrogens is 444 g/mol. The fraction of sp³-hybridized carbons (Fsp3) is 0.650. The predicted octanol–water partition coefficient (Wildman–Crippen LogP) is 0.642. The second-order valence-electron chi connectivity index (χ2n) is 8.23. The van der Waals surface area contributed by atoms with E-state index < -0.39 is 45.5 Å². The molecule has 0 aromatic heterocycles. The number of nitro benzene ring substituents is 1.